The zero-order valence-electron chi connectivity index (χ0n) is 13.6. The van der Waals surface area contributed by atoms with Gasteiger partial charge in [-0.2, -0.15) is 0 Å². The molecule has 0 N–H and O–H groups in total. The molecule has 0 aromatic rings. The van der Waals surface area contributed by atoms with Gasteiger partial charge in [-0.3, -0.25) is 9.10 Å². The molecule has 21 heavy (non-hydrogen) atoms. The van der Waals surface area contributed by atoms with Gasteiger partial charge < -0.3 is 0 Å². The highest BCUT2D eigenvalue weighted by Crippen LogP contribution is 2.16. The predicted molar refractivity (Wildman–Crippen MR) is 86.5 cm³/mol. The van der Waals surface area contributed by atoms with Crippen molar-refractivity contribution in [3.63, 3.8) is 0 Å². The third-order valence-corrected chi connectivity index (χ3v) is 4.18. The molecule has 0 spiro atoms. The van der Waals surface area contributed by atoms with Gasteiger partial charge in [0.15, 0.2) is 0 Å². The molecule has 0 aliphatic rings. The largest absolute Gasteiger partial charge is 0.411 e. The number of halogens is 1. The Kier molecular flexibility index (Phi) is 12.4. The van der Waals surface area contributed by atoms with E-state index in [1.54, 1.807) is 7.05 Å². The fraction of sp³-hybridized carbons (Fsp3) is 0.867. The van der Waals surface area contributed by atoms with Crippen LogP contribution in [0.1, 0.15) is 71.1 Å². The molecule has 0 atom stereocenters. The molecule has 0 rings (SSSR count). The third-order valence-electron chi connectivity index (χ3n) is 3.34. The van der Waals surface area contributed by atoms with E-state index < -0.39 is 6.16 Å². The highest BCUT2D eigenvalue weighted by molar-refractivity contribution is 7.95. The van der Waals surface area contributed by atoms with Crippen molar-refractivity contribution in [2.24, 2.45) is 0 Å². The molecule has 0 aliphatic carbocycles. The summed E-state index contributed by atoms with van der Waals surface area (Å²) in [5.74, 6) is -0.0731. The van der Waals surface area contributed by atoms with E-state index in [1.165, 1.54) is 56.3 Å². The lowest BCUT2D eigenvalue weighted by molar-refractivity contribution is -0.125. The summed E-state index contributed by atoms with van der Waals surface area (Å²) in [5.41, 5.74) is 0. The van der Waals surface area contributed by atoms with Crippen LogP contribution in [-0.4, -0.2) is 34.8 Å². The third kappa shape index (κ3) is 11.5. The van der Waals surface area contributed by atoms with Gasteiger partial charge in [0.05, 0.1) is 12.1 Å². The van der Waals surface area contributed by atoms with Crippen LogP contribution >= 0.6 is 12.1 Å². The lowest BCUT2D eigenvalue weighted by Crippen LogP contribution is -2.26. The van der Waals surface area contributed by atoms with E-state index in [-0.39, 0.29) is 5.91 Å². The Bertz CT molecular complexity index is 303. The van der Waals surface area contributed by atoms with Crippen molar-refractivity contribution in [1.82, 2.24) is 8.61 Å². The van der Waals surface area contributed by atoms with Crippen LogP contribution in [0.2, 0.25) is 0 Å². The molecule has 0 saturated carbocycles. The first-order chi connectivity index (χ1) is 9.99. The Balaban J connectivity index is 3.50. The lowest BCUT2D eigenvalue weighted by Gasteiger charge is -2.19. The SMILES string of the molecule is CCCCCCCCCCCC(=O)N(C)SN(C)C(=O)F. The number of nitrogens with zero attached hydrogens (tertiary/aromatic N) is 2. The maximum absolute atomic E-state index is 12.3. The number of carbonyl (C=O) groups is 2. The van der Waals surface area contributed by atoms with Crippen LogP contribution in [0.4, 0.5) is 9.18 Å². The number of amides is 2. The van der Waals surface area contributed by atoms with Crippen molar-refractivity contribution in [2.45, 2.75) is 71.1 Å². The Morgan fingerprint density at radius 2 is 1.33 bits per heavy atom. The summed E-state index contributed by atoms with van der Waals surface area (Å²) >= 11 is 0.788. The van der Waals surface area contributed by atoms with Gasteiger partial charge in [-0.05, 0) is 6.42 Å². The van der Waals surface area contributed by atoms with Crippen LogP contribution in [-0.2, 0) is 4.79 Å². The van der Waals surface area contributed by atoms with E-state index in [1.807, 2.05) is 0 Å². The van der Waals surface area contributed by atoms with E-state index in [0.29, 0.717) is 6.42 Å². The number of hydrogen-bond donors (Lipinski definition) is 0. The van der Waals surface area contributed by atoms with Crippen LogP contribution in [0.25, 0.3) is 0 Å². The molecule has 0 aliphatic heterocycles. The van der Waals surface area contributed by atoms with Crippen molar-refractivity contribution < 1.29 is 14.0 Å². The van der Waals surface area contributed by atoms with Gasteiger partial charge in [-0.15, -0.1) is 4.39 Å². The molecule has 0 unspecified atom stereocenters. The fourth-order valence-electron chi connectivity index (χ4n) is 2.01. The van der Waals surface area contributed by atoms with Gasteiger partial charge in [-0.25, -0.2) is 9.10 Å². The minimum absolute atomic E-state index is 0.0731. The van der Waals surface area contributed by atoms with E-state index in [2.05, 4.69) is 6.92 Å². The highest BCUT2D eigenvalue weighted by Gasteiger charge is 2.15. The second kappa shape index (κ2) is 12.9. The van der Waals surface area contributed by atoms with E-state index in [9.17, 15) is 14.0 Å². The molecule has 0 bridgehead atoms. The summed E-state index contributed by atoms with van der Waals surface area (Å²) in [5, 5.41) is 0. The smallest absolute Gasteiger partial charge is 0.274 e. The minimum atomic E-state index is -1.55. The van der Waals surface area contributed by atoms with E-state index in [4.69, 9.17) is 0 Å². The summed E-state index contributed by atoms with van der Waals surface area (Å²) in [6.07, 6.45) is 9.74. The van der Waals surface area contributed by atoms with Crippen LogP contribution in [0.5, 0.6) is 0 Å². The Morgan fingerprint density at radius 1 is 0.857 bits per heavy atom. The van der Waals surface area contributed by atoms with Crippen molar-refractivity contribution in [1.29, 1.82) is 0 Å². The number of unbranched alkanes of at least 4 members (excludes halogenated alkanes) is 8. The van der Waals surface area contributed by atoms with Gasteiger partial charge in [0.1, 0.15) is 0 Å². The molecule has 124 valence electrons. The first-order valence-corrected chi connectivity index (χ1v) is 8.59. The fourth-order valence-corrected chi connectivity index (χ4v) is 2.62. The standard InChI is InChI=1S/C15H29FN2O2S/c1-4-5-6-7-8-9-10-11-12-13-14(19)17(2)21-18(3)15(16)20/h4-13H2,1-3H3. The zero-order valence-corrected chi connectivity index (χ0v) is 14.4. The molecule has 0 aromatic carbocycles. The van der Waals surface area contributed by atoms with Crippen molar-refractivity contribution in [3.05, 3.63) is 0 Å². The first-order valence-electron chi connectivity index (χ1n) is 7.86. The molecule has 6 heteroatoms. The first kappa shape index (κ1) is 20.2. The summed E-state index contributed by atoms with van der Waals surface area (Å²) in [4.78, 5) is 22.2. The molecule has 0 fully saturated rings. The van der Waals surface area contributed by atoms with Crippen molar-refractivity contribution in [2.75, 3.05) is 14.1 Å². The maximum atomic E-state index is 12.3. The second-order valence-electron chi connectivity index (χ2n) is 5.30. The highest BCUT2D eigenvalue weighted by atomic mass is 32.2. The Hall–Kier alpha value is -0.780. The topological polar surface area (TPSA) is 40.6 Å². The second-order valence-corrected chi connectivity index (χ2v) is 6.56. The average molecular weight is 320 g/mol. The van der Waals surface area contributed by atoms with Crippen LogP contribution < -0.4 is 0 Å². The van der Waals surface area contributed by atoms with Crippen molar-refractivity contribution in [3.8, 4) is 0 Å². The maximum Gasteiger partial charge on any atom is 0.411 e. The average Bonchev–Trinajstić information content (AvgIpc) is 2.44. The van der Waals surface area contributed by atoms with Gasteiger partial charge in [0, 0.05) is 20.5 Å². The van der Waals surface area contributed by atoms with Crippen LogP contribution in [0.15, 0.2) is 0 Å². The minimum Gasteiger partial charge on any atom is -0.274 e. The molecule has 0 saturated heterocycles. The summed E-state index contributed by atoms with van der Waals surface area (Å²) < 4.78 is 14.5. The molecule has 0 aromatic heterocycles. The normalized spacial score (nSPS) is 10.5. The molecular formula is C15H29FN2O2S. The Morgan fingerprint density at radius 3 is 1.81 bits per heavy atom. The van der Waals surface area contributed by atoms with Gasteiger partial charge in [0.2, 0.25) is 5.91 Å². The summed E-state index contributed by atoms with van der Waals surface area (Å²) in [6, 6.07) is 0. The Labute approximate surface area is 132 Å². The van der Waals surface area contributed by atoms with E-state index >= 15 is 0 Å². The quantitative estimate of drug-likeness (QED) is 0.221. The summed E-state index contributed by atoms with van der Waals surface area (Å²) in [7, 11) is 2.86. The van der Waals surface area contributed by atoms with Crippen LogP contribution in [0.3, 0.4) is 0 Å². The summed E-state index contributed by atoms with van der Waals surface area (Å²) in [6.45, 7) is 2.22. The molecule has 4 nitrogen and oxygen atoms in total. The van der Waals surface area contributed by atoms with Crippen LogP contribution in [0, 0.1) is 0 Å². The van der Waals surface area contributed by atoms with Gasteiger partial charge in [0.25, 0.3) is 0 Å². The zero-order chi connectivity index (χ0) is 16.1. The number of hydrogen-bond acceptors (Lipinski definition) is 3. The number of carbonyl (C=O) groups excluding carboxylic acids is 2. The lowest BCUT2D eigenvalue weighted by atomic mass is 10.1. The molecule has 0 radical (unpaired) electrons. The molecular weight excluding hydrogens is 291 g/mol. The van der Waals surface area contributed by atoms with E-state index in [0.717, 1.165) is 29.3 Å². The van der Waals surface area contributed by atoms with Gasteiger partial charge in [-0.1, -0.05) is 58.3 Å². The van der Waals surface area contributed by atoms with Crippen molar-refractivity contribution >= 4 is 24.2 Å². The molecule has 2 amide bonds. The van der Waals surface area contributed by atoms with Gasteiger partial charge >= 0.3 is 6.16 Å². The molecule has 0 heterocycles. The monoisotopic (exact) mass is 320 g/mol. The number of rotatable bonds is 12. The predicted octanol–water partition coefficient (Wildman–Crippen LogP) is 4.95.